The molecule has 0 bridgehead atoms. The third kappa shape index (κ3) is 3.75. The number of pyridine rings is 1. The molecule has 0 radical (unpaired) electrons. The number of hydrogen-bond donors (Lipinski definition) is 1. The van der Waals surface area contributed by atoms with E-state index in [1.165, 1.54) is 9.53 Å². The molecule has 0 amide bonds. The predicted molar refractivity (Wildman–Crippen MR) is 108 cm³/mol. The fourth-order valence-electron chi connectivity index (χ4n) is 4.34. The van der Waals surface area contributed by atoms with Crippen molar-refractivity contribution in [2.75, 3.05) is 17.2 Å². The van der Waals surface area contributed by atoms with Crippen LogP contribution in [0.1, 0.15) is 47.8 Å². The molecule has 4 heterocycles. The summed E-state index contributed by atoms with van der Waals surface area (Å²) in [5.41, 5.74) is 7.85. The molecule has 1 atom stereocenters. The van der Waals surface area contributed by atoms with Crippen LogP contribution in [-0.4, -0.2) is 50.1 Å². The number of allylic oxidation sites excluding steroid dienone is 2. The summed E-state index contributed by atoms with van der Waals surface area (Å²) >= 11 is -1.52. The number of hydrogen-bond acceptors (Lipinski definition) is 5. The fraction of sp³-hybridized carbons (Fsp3) is 0.450. The van der Waals surface area contributed by atoms with E-state index in [2.05, 4.69) is 15.0 Å². The standard InChI is InChI=1S/C20H23F2N5.In.H/c1-4-14(20(2,3)22)6-7-17-15(21)11-24-19(26-17)27-10-9-16-13(12-27)5-8-18(23)25-16;;/h5,7-8,11H,6,9-10,12H2,1-3H3,(H2,23,25);;. The van der Waals surface area contributed by atoms with Crippen molar-refractivity contribution in [2.24, 2.45) is 0 Å². The van der Waals surface area contributed by atoms with Crippen LogP contribution in [0, 0.1) is 5.82 Å². The van der Waals surface area contributed by atoms with Crippen LogP contribution in [0.4, 0.5) is 20.5 Å². The number of alkyl halides is 1. The molecule has 1 unspecified atom stereocenters. The van der Waals surface area contributed by atoms with Crippen LogP contribution in [0.15, 0.2) is 27.2 Å². The van der Waals surface area contributed by atoms with Gasteiger partial charge in [0.1, 0.15) is 0 Å². The Morgan fingerprint density at radius 2 is 2.07 bits per heavy atom. The maximum absolute atomic E-state index is 14.6. The van der Waals surface area contributed by atoms with E-state index >= 15 is 0 Å². The Morgan fingerprint density at radius 1 is 1.29 bits per heavy atom. The summed E-state index contributed by atoms with van der Waals surface area (Å²) in [6, 6.07) is 3.77. The minimum absolute atomic E-state index is 0.0621. The van der Waals surface area contributed by atoms with Gasteiger partial charge in [-0.05, 0) is 0 Å². The SMILES string of the molecule is C[C]1=C(C(C)(C)F)C[CH](c2nc(N3CCc4nc(N)ccc4C3)ncc2F)[InH]1. The Morgan fingerprint density at radius 3 is 2.79 bits per heavy atom. The molecule has 2 aliphatic heterocycles. The molecular weight excluding hydrogens is 463 g/mol. The van der Waals surface area contributed by atoms with E-state index in [0.29, 0.717) is 37.0 Å². The van der Waals surface area contributed by atoms with Gasteiger partial charge in [-0.15, -0.1) is 0 Å². The van der Waals surface area contributed by atoms with Crippen molar-refractivity contribution in [3.63, 3.8) is 0 Å². The first kappa shape index (κ1) is 19.6. The predicted octanol–water partition coefficient (Wildman–Crippen LogP) is 3.06. The quantitative estimate of drug-likeness (QED) is 0.722. The molecule has 0 aliphatic carbocycles. The molecular formula is C20H24F2InN5. The number of anilines is 2. The number of rotatable bonds is 3. The molecule has 2 aromatic rings. The number of nitrogen functional groups attached to an aromatic ring is 1. The van der Waals surface area contributed by atoms with E-state index in [-0.39, 0.29) is 9.49 Å². The Kier molecular flexibility index (Phi) is 5.10. The molecule has 2 aliphatic rings. The van der Waals surface area contributed by atoms with Crippen LogP contribution in [0.5, 0.6) is 0 Å². The molecule has 0 fully saturated rings. The van der Waals surface area contributed by atoms with Gasteiger partial charge in [-0.2, -0.15) is 0 Å². The summed E-state index contributed by atoms with van der Waals surface area (Å²) in [4.78, 5) is 15.3. The van der Waals surface area contributed by atoms with Crippen molar-refractivity contribution in [1.82, 2.24) is 15.0 Å². The second-order valence-corrected chi connectivity index (χ2v) is 15.3. The molecule has 5 nitrogen and oxygen atoms in total. The zero-order chi connectivity index (χ0) is 20.1. The monoisotopic (exact) mass is 487 g/mol. The van der Waals surface area contributed by atoms with Crippen molar-refractivity contribution < 1.29 is 8.78 Å². The van der Waals surface area contributed by atoms with E-state index in [1.807, 2.05) is 17.9 Å². The summed E-state index contributed by atoms with van der Waals surface area (Å²) in [6.45, 7) is 6.54. The number of nitrogens with zero attached hydrogens (tertiary/aromatic N) is 4. The van der Waals surface area contributed by atoms with Gasteiger partial charge in [0, 0.05) is 0 Å². The molecule has 0 saturated carbocycles. The van der Waals surface area contributed by atoms with Crippen LogP contribution >= 0.6 is 0 Å². The fourth-order valence-corrected chi connectivity index (χ4v) is 11.4. The maximum atomic E-state index is 14.6. The Bertz CT molecular complexity index is 954. The Labute approximate surface area is 174 Å². The van der Waals surface area contributed by atoms with E-state index in [9.17, 15) is 8.78 Å². The van der Waals surface area contributed by atoms with Crippen LogP contribution in [-0.2, 0) is 13.0 Å². The van der Waals surface area contributed by atoms with Crippen LogP contribution in [0.25, 0.3) is 0 Å². The second-order valence-electron chi connectivity index (χ2n) is 8.25. The first-order valence-corrected chi connectivity index (χ1v) is 14.0. The van der Waals surface area contributed by atoms with Gasteiger partial charge in [0.2, 0.25) is 0 Å². The van der Waals surface area contributed by atoms with Gasteiger partial charge in [-0.1, -0.05) is 0 Å². The summed E-state index contributed by atoms with van der Waals surface area (Å²) in [7, 11) is 0. The normalized spacial score (nSPS) is 19.6. The van der Waals surface area contributed by atoms with Gasteiger partial charge in [-0.3, -0.25) is 0 Å². The number of aromatic nitrogens is 3. The zero-order valence-corrected chi connectivity index (χ0v) is 20.5. The number of fused-ring (bicyclic) bond motifs is 1. The van der Waals surface area contributed by atoms with Crippen LogP contribution < -0.4 is 10.6 Å². The van der Waals surface area contributed by atoms with Crippen LogP contribution in [0.3, 0.4) is 0 Å². The van der Waals surface area contributed by atoms with Crippen molar-refractivity contribution in [1.29, 1.82) is 0 Å². The summed E-state index contributed by atoms with van der Waals surface area (Å²) in [6.07, 6.45) is 2.61. The molecule has 0 aromatic carbocycles. The topological polar surface area (TPSA) is 67.9 Å². The molecule has 28 heavy (non-hydrogen) atoms. The molecule has 2 N–H and O–H groups in total. The van der Waals surface area contributed by atoms with Crippen molar-refractivity contribution in [2.45, 2.75) is 49.5 Å². The molecule has 146 valence electrons. The van der Waals surface area contributed by atoms with Gasteiger partial charge in [0.25, 0.3) is 0 Å². The van der Waals surface area contributed by atoms with E-state index in [4.69, 9.17) is 5.73 Å². The Balaban J connectivity index is 1.58. The molecule has 8 heteroatoms. The minimum atomic E-state index is -1.52. The van der Waals surface area contributed by atoms with Crippen molar-refractivity contribution in [3.8, 4) is 0 Å². The molecule has 0 saturated heterocycles. The van der Waals surface area contributed by atoms with Gasteiger partial charge >= 0.3 is 175 Å². The van der Waals surface area contributed by atoms with Crippen molar-refractivity contribution >= 4 is 34.7 Å². The summed E-state index contributed by atoms with van der Waals surface area (Å²) in [5.74, 6) is 0.689. The summed E-state index contributed by atoms with van der Waals surface area (Å²) < 4.78 is 30.3. The average Bonchev–Trinajstić information content (AvgIpc) is 3.03. The molecule has 2 aromatic heterocycles. The molecule has 0 spiro atoms. The third-order valence-electron chi connectivity index (χ3n) is 5.73. The van der Waals surface area contributed by atoms with E-state index < -0.39 is 28.6 Å². The average molecular weight is 487 g/mol. The third-order valence-corrected chi connectivity index (χ3v) is 12.0. The number of nitrogens with two attached hydrogens (primary N) is 1. The Hall–Kier alpha value is -1.70. The van der Waals surface area contributed by atoms with Crippen molar-refractivity contribution in [3.05, 3.63) is 50.0 Å². The number of halogens is 2. The van der Waals surface area contributed by atoms with Gasteiger partial charge in [-0.25, -0.2) is 0 Å². The molecule has 4 rings (SSSR count). The van der Waals surface area contributed by atoms with Gasteiger partial charge in [0.15, 0.2) is 0 Å². The second kappa shape index (κ2) is 7.28. The van der Waals surface area contributed by atoms with Gasteiger partial charge in [0.05, 0.1) is 0 Å². The summed E-state index contributed by atoms with van der Waals surface area (Å²) in [5, 5.41) is 0. The van der Waals surface area contributed by atoms with E-state index in [1.54, 1.807) is 19.9 Å². The zero-order valence-electron chi connectivity index (χ0n) is 16.5. The van der Waals surface area contributed by atoms with Gasteiger partial charge < -0.3 is 0 Å². The van der Waals surface area contributed by atoms with Crippen LogP contribution in [0.2, 0.25) is 0 Å². The van der Waals surface area contributed by atoms with E-state index in [0.717, 1.165) is 23.3 Å². The first-order chi connectivity index (χ1) is 13.2. The first-order valence-electron chi connectivity index (χ1n) is 9.62.